The van der Waals surface area contributed by atoms with Gasteiger partial charge in [0.25, 0.3) is 0 Å². The Hall–Kier alpha value is -2.11. The van der Waals surface area contributed by atoms with Crippen LogP contribution in [0.4, 0.5) is 5.69 Å². The Balaban J connectivity index is 2.15. The molecular formula is C16H13BrN2O2. The molecule has 0 unspecified atom stereocenters. The van der Waals surface area contributed by atoms with Crippen molar-refractivity contribution in [2.45, 2.75) is 6.61 Å². The minimum Gasteiger partial charge on any atom is -0.454 e. The van der Waals surface area contributed by atoms with E-state index in [-0.39, 0.29) is 6.61 Å². The maximum atomic E-state index is 9.39. The molecule has 0 spiro atoms. The molecule has 106 valence electrons. The van der Waals surface area contributed by atoms with Crippen LogP contribution in [-0.4, -0.2) is 10.1 Å². The number of rotatable bonds is 3. The number of fused-ring (bicyclic) bond motifs is 1. The van der Waals surface area contributed by atoms with Gasteiger partial charge in [0.05, 0.1) is 24.0 Å². The lowest BCUT2D eigenvalue weighted by Crippen LogP contribution is -1.97. The van der Waals surface area contributed by atoms with Gasteiger partial charge in [0, 0.05) is 15.4 Å². The Morgan fingerprint density at radius 2 is 2.00 bits per heavy atom. The van der Waals surface area contributed by atoms with Crippen molar-refractivity contribution in [3.63, 3.8) is 0 Å². The topological polar surface area (TPSA) is 68.4 Å². The van der Waals surface area contributed by atoms with E-state index in [4.69, 9.17) is 10.5 Å². The monoisotopic (exact) mass is 344 g/mol. The number of nitrogen functional groups attached to an aromatic ring is 1. The molecule has 0 aliphatic rings. The lowest BCUT2D eigenvalue weighted by atomic mass is 10.1. The van der Waals surface area contributed by atoms with Gasteiger partial charge >= 0.3 is 0 Å². The summed E-state index contributed by atoms with van der Waals surface area (Å²) in [4.78, 5) is 4.29. The van der Waals surface area contributed by atoms with E-state index in [1.807, 2.05) is 36.4 Å². The van der Waals surface area contributed by atoms with Crippen LogP contribution in [-0.2, 0) is 6.61 Å². The van der Waals surface area contributed by atoms with Gasteiger partial charge in [-0.05, 0) is 24.3 Å². The van der Waals surface area contributed by atoms with Gasteiger partial charge in [-0.3, -0.25) is 4.98 Å². The zero-order valence-corrected chi connectivity index (χ0v) is 12.7. The summed E-state index contributed by atoms with van der Waals surface area (Å²) >= 11 is 3.44. The molecule has 0 atom stereocenters. The Morgan fingerprint density at radius 3 is 2.81 bits per heavy atom. The quantitative estimate of drug-likeness (QED) is 0.756. The number of benzene rings is 2. The van der Waals surface area contributed by atoms with Crippen LogP contribution < -0.4 is 10.5 Å². The van der Waals surface area contributed by atoms with Crippen LogP contribution in [0, 0.1) is 0 Å². The van der Waals surface area contributed by atoms with E-state index < -0.39 is 0 Å². The number of aromatic nitrogens is 1. The van der Waals surface area contributed by atoms with Crippen LogP contribution >= 0.6 is 15.9 Å². The molecule has 0 bridgehead atoms. The van der Waals surface area contributed by atoms with Crippen LogP contribution in [0.5, 0.6) is 11.5 Å². The average Bonchev–Trinajstić information content (AvgIpc) is 2.50. The van der Waals surface area contributed by atoms with Crippen molar-refractivity contribution in [1.29, 1.82) is 0 Å². The van der Waals surface area contributed by atoms with E-state index >= 15 is 0 Å². The van der Waals surface area contributed by atoms with E-state index in [9.17, 15) is 5.11 Å². The number of para-hydroxylation sites is 1. The standard InChI is InChI=1S/C16H13BrN2O2/c17-11-5-6-14-12(7-11)16(13(18)8-19-14)21-15-4-2-1-3-10(15)9-20/h1-8,20H,9,18H2. The van der Waals surface area contributed by atoms with Crippen molar-refractivity contribution < 1.29 is 9.84 Å². The minimum absolute atomic E-state index is 0.0945. The molecule has 3 aromatic rings. The summed E-state index contributed by atoms with van der Waals surface area (Å²) in [5, 5.41) is 10.2. The molecule has 1 heterocycles. The fourth-order valence-corrected chi connectivity index (χ4v) is 2.47. The number of aliphatic hydroxyl groups excluding tert-OH is 1. The summed E-state index contributed by atoms with van der Waals surface area (Å²) in [7, 11) is 0. The zero-order valence-electron chi connectivity index (χ0n) is 11.1. The predicted octanol–water partition coefficient (Wildman–Crippen LogP) is 3.86. The highest BCUT2D eigenvalue weighted by Crippen LogP contribution is 2.36. The highest BCUT2D eigenvalue weighted by molar-refractivity contribution is 9.10. The van der Waals surface area contributed by atoms with E-state index in [0.717, 1.165) is 15.4 Å². The van der Waals surface area contributed by atoms with E-state index in [1.165, 1.54) is 0 Å². The molecule has 4 nitrogen and oxygen atoms in total. The maximum absolute atomic E-state index is 9.39. The predicted molar refractivity (Wildman–Crippen MR) is 86.3 cm³/mol. The summed E-state index contributed by atoms with van der Waals surface area (Å²) in [6, 6.07) is 13.0. The van der Waals surface area contributed by atoms with E-state index in [1.54, 1.807) is 12.3 Å². The smallest absolute Gasteiger partial charge is 0.161 e. The first-order chi connectivity index (χ1) is 10.2. The van der Waals surface area contributed by atoms with Gasteiger partial charge in [-0.2, -0.15) is 0 Å². The van der Waals surface area contributed by atoms with E-state index in [2.05, 4.69) is 20.9 Å². The molecule has 0 amide bonds. The number of ether oxygens (including phenoxy) is 1. The molecular weight excluding hydrogens is 332 g/mol. The van der Waals surface area contributed by atoms with Crippen molar-refractivity contribution in [2.75, 3.05) is 5.73 Å². The zero-order chi connectivity index (χ0) is 14.8. The number of anilines is 1. The van der Waals surface area contributed by atoms with Crippen LogP contribution in [0.2, 0.25) is 0 Å². The fourth-order valence-electron chi connectivity index (χ4n) is 2.11. The average molecular weight is 345 g/mol. The normalized spacial score (nSPS) is 10.8. The highest BCUT2D eigenvalue weighted by Gasteiger charge is 2.11. The minimum atomic E-state index is -0.0945. The molecule has 3 N–H and O–H groups in total. The van der Waals surface area contributed by atoms with Crippen LogP contribution in [0.1, 0.15) is 5.56 Å². The van der Waals surface area contributed by atoms with Crippen molar-refractivity contribution in [3.8, 4) is 11.5 Å². The molecule has 5 heteroatoms. The number of hydrogen-bond acceptors (Lipinski definition) is 4. The fraction of sp³-hybridized carbons (Fsp3) is 0.0625. The number of nitrogens with zero attached hydrogens (tertiary/aromatic N) is 1. The first-order valence-corrected chi connectivity index (χ1v) is 7.18. The highest BCUT2D eigenvalue weighted by atomic mass is 79.9. The van der Waals surface area contributed by atoms with Crippen LogP contribution in [0.25, 0.3) is 10.9 Å². The Labute approximate surface area is 130 Å². The first-order valence-electron chi connectivity index (χ1n) is 6.39. The van der Waals surface area contributed by atoms with Gasteiger partial charge in [0.2, 0.25) is 0 Å². The van der Waals surface area contributed by atoms with Gasteiger partial charge in [-0.1, -0.05) is 34.1 Å². The number of nitrogens with two attached hydrogens (primary N) is 1. The molecule has 2 aromatic carbocycles. The van der Waals surface area contributed by atoms with Gasteiger partial charge in [-0.25, -0.2) is 0 Å². The van der Waals surface area contributed by atoms with Crippen molar-refractivity contribution in [2.24, 2.45) is 0 Å². The van der Waals surface area contributed by atoms with E-state index in [0.29, 0.717) is 22.7 Å². The van der Waals surface area contributed by atoms with Crippen molar-refractivity contribution in [3.05, 3.63) is 58.7 Å². The SMILES string of the molecule is Nc1cnc2ccc(Br)cc2c1Oc1ccccc1CO. The lowest BCUT2D eigenvalue weighted by Gasteiger charge is -2.13. The third-order valence-electron chi connectivity index (χ3n) is 3.16. The lowest BCUT2D eigenvalue weighted by molar-refractivity contribution is 0.276. The third kappa shape index (κ3) is 2.70. The third-order valence-corrected chi connectivity index (χ3v) is 3.66. The van der Waals surface area contributed by atoms with Crippen molar-refractivity contribution >= 4 is 32.5 Å². The molecule has 0 aliphatic carbocycles. The summed E-state index contributed by atoms with van der Waals surface area (Å²) in [6.45, 7) is -0.0945. The molecule has 3 rings (SSSR count). The Bertz CT molecular complexity index is 800. The largest absolute Gasteiger partial charge is 0.454 e. The summed E-state index contributed by atoms with van der Waals surface area (Å²) in [6.07, 6.45) is 1.58. The second kappa shape index (κ2) is 5.71. The molecule has 1 aromatic heterocycles. The summed E-state index contributed by atoms with van der Waals surface area (Å²) < 4.78 is 6.87. The van der Waals surface area contributed by atoms with Gasteiger partial charge < -0.3 is 15.6 Å². The second-order valence-electron chi connectivity index (χ2n) is 4.57. The molecule has 0 fully saturated rings. The summed E-state index contributed by atoms with van der Waals surface area (Å²) in [5.41, 5.74) is 7.96. The van der Waals surface area contributed by atoms with Gasteiger partial charge in [0.15, 0.2) is 5.75 Å². The maximum Gasteiger partial charge on any atom is 0.161 e. The van der Waals surface area contributed by atoms with Gasteiger partial charge in [0.1, 0.15) is 5.75 Å². The Morgan fingerprint density at radius 1 is 1.19 bits per heavy atom. The molecule has 0 saturated carbocycles. The molecule has 0 radical (unpaired) electrons. The summed E-state index contributed by atoms with van der Waals surface area (Å²) in [5.74, 6) is 1.13. The van der Waals surface area contributed by atoms with Crippen LogP contribution in [0.3, 0.4) is 0 Å². The number of hydrogen-bond donors (Lipinski definition) is 2. The first kappa shape index (κ1) is 13.9. The van der Waals surface area contributed by atoms with Crippen molar-refractivity contribution in [1.82, 2.24) is 4.98 Å². The molecule has 0 aliphatic heterocycles. The molecule has 0 saturated heterocycles. The number of aliphatic hydroxyl groups is 1. The van der Waals surface area contributed by atoms with Gasteiger partial charge in [-0.15, -0.1) is 0 Å². The number of halogens is 1. The van der Waals surface area contributed by atoms with Crippen LogP contribution in [0.15, 0.2) is 53.1 Å². The Kier molecular flexibility index (Phi) is 3.77. The molecule has 21 heavy (non-hydrogen) atoms. The second-order valence-corrected chi connectivity index (χ2v) is 5.49. The number of pyridine rings is 1.